The van der Waals surface area contributed by atoms with Crippen molar-refractivity contribution in [3.63, 3.8) is 0 Å². The average molecular weight is 368 g/mol. The molecule has 0 bridgehead atoms. The van der Waals surface area contributed by atoms with Gasteiger partial charge in [0.05, 0.1) is 17.1 Å². The van der Waals surface area contributed by atoms with Gasteiger partial charge < -0.3 is 14.5 Å². The van der Waals surface area contributed by atoms with Gasteiger partial charge in [-0.3, -0.25) is 4.79 Å². The van der Waals surface area contributed by atoms with E-state index in [4.69, 9.17) is 4.74 Å². The van der Waals surface area contributed by atoms with Gasteiger partial charge in [-0.1, -0.05) is 0 Å². The van der Waals surface area contributed by atoms with Crippen molar-refractivity contribution in [2.75, 3.05) is 31.6 Å². The molecule has 0 radical (unpaired) electrons. The van der Waals surface area contributed by atoms with Gasteiger partial charge in [0.2, 0.25) is 5.91 Å². The molecule has 6 heteroatoms. The number of amides is 1. The van der Waals surface area contributed by atoms with Crippen molar-refractivity contribution in [1.29, 1.82) is 5.26 Å². The molecule has 1 aromatic rings. The molecule has 3 aliphatic rings. The average Bonchev–Trinajstić information content (AvgIpc) is 3.03. The largest absolute Gasteiger partial charge is 0.381 e. The Labute approximate surface area is 161 Å². The fourth-order valence-electron chi connectivity index (χ4n) is 5.22. The van der Waals surface area contributed by atoms with E-state index >= 15 is 0 Å². The number of piperidine rings is 1. The number of hydrogen-bond donors (Lipinski definition) is 0. The minimum absolute atomic E-state index is 0.305. The summed E-state index contributed by atoms with van der Waals surface area (Å²) >= 11 is 0. The molecule has 1 spiro atoms. The molecule has 1 atom stereocenters. The van der Waals surface area contributed by atoms with Crippen LogP contribution in [0.5, 0.6) is 0 Å². The lowest BCUT2D eigenvalue weighted by molar-refractivity contribution is -0.139. The van der Waals surface area contributed by atoms with Gasteiger partial charge in [0, 0.05) is 39.0 Å². The highest BCUT2D eigenvalue weighted by atomic mass is 16.5. The second-order valence-electron chi connectivity index (χ2n) is 8.21. The Kier molecular flexibility index (Phi) is 5.05. The Morgan fingerprint density at radius 3 is 2.81 bits per heavy atom. The van der Waals surface area contributed by atoms with E-state index in [0.29, 0.717) is 30.2 Å². The number of pyridine rings is 1. The minimum Gasteiger partial charge on any atom is -0.381 e. The standard InChI is InChI=1S/C21H28N4O2/c1-27-18-7-5-17(6-8-18)25-13-10-21(20(25)26)9-3-12-24(15-21)19-16(14-22)4-2-11-23-19/h2,4,11,17-18H,3,5-10,12-13,15H2,1H3/t17-,18-,21-/m1/s1. The Hall–Kier alpha value is -2.13. The second kappa shape index (κ2) is 7.47. The highest BCUT2D eigenvalue weighted by Crippen LogP contribution is 2.43. The van der Waals surface area contributed by atoms with Crippen LogP contribution in [0.4, 0.5) is 5.82 Å². The third-order valence-corrected chi connectivity index (χ3v) is 6.75. The van der Waals surface area contributed by atoms with E-state index in [1.807, 2.05) is 0 Å². The topological polar surface area (TPSA) is 69.5 Å². The first-order valence-corrected chi connectivity index (χ1v) is 10.1. The van der Waals surface area contributed by atoms with E-state index in [1.165, 1.54) is 0 Å². The van der Waals surface area contributed by atoms with Crippen molar-refractivity contribution in [3.8, 4) is 6.07 Å². The number of carbonyl (C=O) groups excluding carboxylic acids is 1. The lowest BCUT2D eigenvalue weighted by atomic mass is 9.78. The third-order valence-electron chi connectivity index (χ3n) is 6.75. The zero-order valence-corrected chi connectivity index (χ0v) is 16.1. The molecule has 144 valence electrons. The lowest BCUT2D eigenvalue weighted by Gasteiger charge is -2.41. The van der Waals surface area contributed by atoms with Gasteiger partial charge in [-0.05, 0) is 57.1 Å². The predicted octanol–water partition coefficient (Wildman–Crippen LogP) is 2.73. The van der Waals surface area contributed by atoms with Crippen LogP contribution in [0.15, 0.2) is 18.3 Å². The van der Waals surface area contributed by atoms with E-state index in [9.17, 15) is 10.1 Å². The summed E-state index contributed by atoms with van der Waals surface area (Å²) in [5.41, 5.74) is 0.287. The Morgan fingerprint density at radius 2 is 2.07 bits per heavy atom. The zero-order chi connectivity index (χ0) is 18.9. The fourth-order valence-corrected chi connectivity index (χ4v) is 5.22. The molecule has 0 unspecified atom stereocenters. The summed E-state index contributed by atoms with van der Waals surface area (Å²) < 4.78 is 5.48. The van der Waals surface area contributed by atoms with Crippen molar-refractivity contribution in [1.82, 2.24) is 9.88 Å². The zero-order valence-electron chi connectivity index (χ0n) is 16.1. The molecule has 2 saturated heterocycles. The maximum atomic E-state index is 13.4. The Balaban J connectivity index is 1.49. The summed E-state index contributed by atoms with van der Waals surface area (Å²) in [6.07, 6.45) is 9.10. The van der Waals surface area contributed by atoms with Crippen molar-refractivity contribution >= 4 is 11.7 Å². The first kappa shape index (κ1) is 18.2. The predicted molar refractivity (Wildman–Crippen MR) is 102 cm³/mol. The third kappa shape index (κ3) is 3.29. The lowest BCUT2D eigenvalue weighted by Crippen LogP contribution is -2.50. The van der Waals surface area contributed by atoms with Crippen LogP contribution in [0.2, 0.25) is 0 Å². The molecule has 6 nitrogen and oxygen atoms in total. The van der Waals surface area contributed by atoms with E-state index < -0.39 is 0 Å². The maximum Gasteiger partial charge on any atom is 0.230 e. The normalized spacial score (nSPS) is 31.3. The summed E-state index contributed by atoms with van der Waals surface area (Å²) in [5.74, 6) is 1.05. The summed E-state index contributed by atoms with van der Waals surface area (Å²) in [7, 11) is 1.78. The van der Waals surface area contributed by atoms with Gasteiger partial charge in [-0.25, -0.2) is 4.98 Å². The van der Waals surface area contributed by atoms with E-state index in [0.717, 1.165) is 63.9 Å². The molecule has 2 aliphatic heterocycles. The molecule has 4 rings (SSSR count). The van der Waals surface area contributed by atoms with Gasteiger partial charge in [-0.15, -0.1) is 0 Å². The molecular weight excluding hydrogens is 340 g/mol. The molecule has 1 amide bonds. The van der Waals surface area contributed by atoms with Crippen LogP contribution in [-0.4, -0.2) is 54.7 Å². The highest BCUT2D eigenvalue weighted by Gasteiger charge is 2.51. The number of ether oxygens (including phenoxy) is 1. The van der Waals surface area contributed by atoms with Gasteiger partial charge in [-0.2, -0.15) is 5.26 Å². The number of carbonyl (C=O) groups is 1. The molecule has 1 aliphatic carbocycles. The van der Waals surface area contributed by atoms with E-state index in [-0.39, 0.29) is 5.41 Å². The number of rotatable bonds is 3. The first-order chi connectivity index (χ1) is 13.2. The Bertz CT molecular complexity index is 738. The van der Waals surface area contributed by atoms with Crippen LogP contribution in [0.3, 0.4) is 0 Å². The Morgan fingerprint density at radius 1 is 1.26 bits per heavy atom. The summed E-state index contributed by atoms with van der Waals surface area (Å²) in [6, 6.07) is 6.20. The molecule has 0 N–H and O–H groups in total. The molecule has 3 fully saturated rings. The van der Waals surface area contributed by atoms with E-state index in [2.05, 4.69) is 20.9 Å². The van der Waals surface area contributed by atoms with Crippen LogP contribution in [0.1, 0.15) is 50.5 Å². The SMILES string of the molecule is CO[C@H]1CC[C@H](N2CC[C@@]3(CCCN(c4ncccc4C#N)C3)C2=O)CC1. The van der Waals surface area contributed by atoms with Crippen LogP contribution >= 0.6 is 0 Å². The van der Waals surface area contributed by atoms with Crippen LogP contribution in [0, 0.1) is 16.7 Å². The smallest absolute Gasteiger partial charge is 0.230 e. The maximum absolute atomic E-state index is 13.4. The minimum atomic E-state index is -0.305. The number of likely N-dealkylation sites (tertiary alicyclic amines) is 1. The van der Waals surface area contributed by atoms with Crippen LogP contribution in [0.25, 0.3) is 0 Å². The fraction of sp³-hybridized carbons (Fsp3) is 0.667. The highest BCUT2D eigenvalue weighted by molar-refractivity contribution is 5.86. The van der Waals surface area contributed by atoms with Gasteiger partial charge >= 0.3 is 0 Å². The van der Waals surface area contributed by atoms with Gasteiger partial charge in [0.25, 0.3) is 0 Å². The van der Waals surface area contributed by atoms with Crippen molar-refractivity contribution < 1.29 is 9.53 Å². The summed E-state index contributed by atoms with van der Waals surface area (Å²) in [4.78, 5) is 22.2. The number of hydrogen-bond acceptors (Lipinski definition) is 5. The van der Waals surface area contributed by atoms with Gasteiger partial charge in [0.15, 0.2) is 0 Å². The first-order valence-electron chi connectivity index (χ1n) is 10.1. The monoisotopic (exact) mass is 368 g/mol. The quantitative estimate of drug-likeness (QED) is 0.820. The van der Waals surface area contributed by atoms with Crippen molar-refractivity contribution in [2.24, 2.45) is 5.41 Å². The van der Waals surface area contributed by atoms with Crippen LogP contribution in [-0.2, 0) is 9.53 Å². The van der Waals surface area contributed by atoms with Gasteiger partial charge in [0.1, 0.15) is 11.9 Å². The summed E-state index contributed by atoms with van der Waals surface area (Å²) in [6.45, 7) is 2.41. The molecule has 1 aromatic heterocycles. The van der Waals surface area contributed by atoms with Crippen LogP contribution < -0.4 is 4.90 Å². The van der Waals surface area contributed by atoms with Crippen molar-refractivity contribution in [3.05, 3.63) is 23.9 Å². The van der Waals surface area contributed by atoms with Crippen molar-refractivity contribution in [2.45, 2.75) is 57.1 Å². The number of nitriles is 1. The molecule has 27 heavy (non-hydrogen) atoms. The second-order valence-corrected chi connectivity index (χ2v) is 8.21. The molecule has 0 aromatic carbocycles. The number of methoxy groups -OCH3 is 1. The van der Waals surface area contributed by atoms with E-state index in [1.54, 1.807) is 25.4 Å². The molecular formula is C21H28N4O2. The molecule has 3 heterocycles. The number of nitrogens with zero attached hydrogens (tertiary/aromatic N) is 4. The number of anilines is 1. The summed E-state index contributed by atoms with van der Waals surface area (Å²) in [5, 5.41) is 9.41. The molecule has 1 saturated carbocycles. The number of aromatic nitrogens is 1.